The number of nitrogens with one attached hydrogen (secondary N) is 2. The largest absolute Gasteiger partial charge is 0.491 e. The second-order valence-electron chi connectivity index (χ2n) is 6.46. The van der Waals surface area contributed by atoms with Gasteiger partial charge in [-0.2, -0.15) is 0 Å². The van der Waals surface area contributed by atoms with Gasteiger partial charge in [-0.3, -0.25) is 4.90 Å². The number of carbonyl (C=O) groups excluding carboxylic acids is 1. The monoisotopic (exact) mass is 367 g/mol. The van der Waals surface area contributed by atoms with Gasteiger partial charge in [0, 0.05) is 11.9 Å². The van der Waals surface area contributed by atoms with Crippen LogP contribution in [-0.2, 0) is 0 Å². The highest BCUT2D eigenvalue weighted by molar-refractivity contribution is 5.88. The Morgan fingerprint density at radius 1 is 1.07 bits per heavy atom. The first kappa shape index (κ1) is 18.8. The lowest BCUT2D eigenvalue weighted by Crippen LogP contribution is -2.41. The molecule has 1 atom stereocenters. The van der Waals surface area contributed by atoms with Gasteiger partial charge < -0.3 is 19.8 Å². The second-order valence-corrected chi connectivity index (χ2v) is 6.46. The number of carbonyl (C=O) groups is 1. The van der Waals surface area contributed by atoms with Crippen molar-refractivity contribution in [2.45, 2.75) is 6.04 Å². The molecular weight excluding hydrogens is 342 g/mol. The molecular formula is C21H25N3O3. The van der Waals surface area contributed by atoms with E-state index in [1.54, 1.807) is 6.26 Å². The fraction of sp³-hybridized carbons (Fsp3) is 0.286. The number of benzene rings is 2. The van der Waals surface area contributed by atoms with Gasteiger partial charge in [0.15, 0.2) is 0 Å². The fourth-order valence-corrected chi connectivity index (χ4v) is 2.92. The lowest BCUT2D eigenvalue weighted by Gasteiger charge is -2.22. The summed E-state index contributed by atoms with van der Waals surface area (Å²) in [6, 6.07) is 17.5. The van der Waals surface area contributed by atoms with Crippen molar-refractivity contribution >= 4 is 16.8 Å². The predicted molar refractivity (Wildman–Crippen MR) is 106 cm³/mol. The summed E-state index contributed by atoms with van der Waals surface area (Å²) in [5, 5.41) is 7.89. The van der Waals surface area contributed by atoms with Crippen LogP contribution in [0.15, 0.2) is 65.3 Å². The number of hydrogen-bond acceptors (Lipinski definition) is 4. The average Bonchev–Trinajstić information content (AvgIpc) is 3.19. The maximum absolute atomic E-state index is 12.0. The van der Waals surface area contributed by atoms with E-state index in [-0.39, 0.29) is 12.1 Å². The maximum Gasteiger partial charge on any atom is 0.314 e. The predicted octanol–water partition coefficient (Wildman–Crippen LogP) is 3.41. The van der Waals surface area contributed by atoms with Gasteiger partial charge in [-0.1, -0.05) is 36.4 Å². The maximum atomic E-state index is 12.0. The molecule has 3 rings (SSSR count). The van der Waals surface area contributed by atoms with E-state index in [1.165, 1.54) is 0 Å². The Morgan fingerprint density at radius 2 is 1.89 bits per heavy atom. The zero-order chi connectivity index (χ0) is 19.1. The molecule has 0 saturated carbocycles. The van der Waals surface area contributed by atoms with Gasteiger partial charge in [0.1, 0.15) is 18.1 Å². The van der Waals surface area contributed by atoms with Crippen LogP contribution in [-0.4, -0.2) is 44.7 Å². The molecule has 0 aliphatic rings. The van der Waals surface area contributed by atoms with Gasteiger partial charge in [-0.25, -0.2) is 4.79 Å². The standard InChI is InChI=1S/C21H25N3O3/c1-24(2)18(20-11-6-13-26-20)15-23-21(25)22-12-14-27-19-10-5-8-16-7-3-4-9-17(16)19/h3-11,13,18H,12,14-15H2,1-2H3,(H2,22,23,25). The molecule has 0 spiro atoms. The minimum atomic E-state index is -0.227. The molecule has 0 fully saturated rings. The van der Waals surface area contributed by atoms with Crippen molar-refractivity contribution in [3.05, 3.63) is 66.6 Å². The van der Waals surface area contributed by atoms with Gasteiger partial charge in [0.2, 0.25) is 0 Å². The number of furan rings is 1. The average molecular weight is 367 g/mol. The van der Waals surface area contributed by atoms with Crippen molar-refractivity contribution in [2.24, 2.45) is 0 Å². The van der Waals surface area contributed by atoms with E-state index in [1.807, 2.05) is 73.6 Å². The number of likely N-dealkylation sites (N-methyl/N-ethyl adjacent to an activating group) is 1. The Hall–Kier alpha value is -2.99. The summed E-state index contributed by atoms with van der Waals surface area (Å²) in [6.07, 6.45) is 1.64. The summed E-state index contributed by atoms with van der Waals surface area (Å²) in [5.41, 5.74) is 0. The molecule has 0 saturated heterocycles. The Labute approximate surface area is 159 Å². The van der Waals surface area contributed by atoms with Crippen LogP contribution in [0.1, 0.15) is 11.8 Å². The van der Waals surface area contributed by atoms with Crippen molar-refractivity contribution in [3.8, 4) is 5.75 Å². The van der Waals surface area contributed by atoms with E-state index in [0.717, 1.165) is 22.3 Å². The molecule has 0 aliphatic heterocycles. The zero-order valence-corrected chi connectivity index (χ0v) is 15.6. The summed E-state index contributed by atoms with van der Waals surface area (Å²) in [4.78, 5) is 14.0. The summed E-state index contributed by atoms with van der Waals surface area (Å²) in [6.45, 7) is 1.27. The normalized spacial score (nSPS) is 12.1. The third-order valence-electron chi connectivity index (χ3n) is 4.35. The molecule has 6 heteroatoms. The molecule has 0 bridgehead atoms. The first-order valence-corrected chi connectivity index (χ1v) is 8.97. The van der Waals surface area contributed by atoms with Crippen molar-refractivity contribution in [1.29, 1.82) is 0 Å². The highest BCUT2D eigenvalue weighted by Crippen LogP contribution is 2.24. The highest BCUT2D eigenvalue weighted by atomic mass is 16.5. The van der Waals surface area contributed by atoms with Gasteiger partial charge >= 0.3 is 6.03 Å². The van der Waals surface area contributed by atoms with E-state index in [2.05, 4.69) is 10.6 Å². The smallest absolute Gasteiger partial charge is 0.314 e. The lowest BCUT2D eigenvalue weighted by molar-refractivity contribution is 0.222. The molecule has 2 N–H and O–H groups in total. The van der Waals surface area contributed by atoms with E-state index < -0.39 is 0 Å². The molecule has 0 aliphatic carbocycles. The van der Waals surface area contributed by atoms with Gasteiger partial charge in [0.05, 0.1) is 18.8 Å². The van der Waals surface area contributed by atoms with Crippen LogP contribution in [0, 0.1) is 0 Å². The Bertz CT molecular complexity index is 857. The van der Waals surface area contributed by atoms with Gasteiger partial charge in [0.25, 0.3) is 0 Å². The van der Waals surface area contributed by atoms with Gasteiger partial charge in [-0.15, -0.1) is 0 Å². The molecule has 0 radical (unpaired) electrons. The third-order valence-corrected chi connectivity index (χ3v) is 4.35. The third kappa shape index (κ3) is 5.01. The number of nitrogens with zero attached hydrogens (tertiary/aromatic N) is 1. The Kier molecular flexibility index (Phi) is 6.33. The molecule has 27 heavy (non-hydrogen) atoms. The molecule has 2 aromatic carbocycles. The number of rotatable bonds is 8. The van der Waals surface area contributed by atoms with Crippen molar-refractivity contribution in [3.63, 3.8) is 0 Å². The van der Waals surface area contributed by atoms with Crippen LogP contribution < -0.4 is 15.4 Å². The molecule has 2 amide bonds. The Balaban J connectivity index is 1.43. The molecule has 3 aromatic rings. The van der Waals surface area contributed by atoms with Crippen LogP contribution >= 0.6 is 0 Å². The summed E-state index contributed by atoms with van der Waals surface area (Å²) in [7, 11) is 3.90. The van der Waals surface area contributed by atoms with Crippen LogP contribution in [0.4, 0.5) is 4.79 Å². The minimum Gasteiger partial charge on any atom is -0.491 e. The fourth-order valence-electron chi connectivity index (χ4n) is 2.92. The van der Waals surface area contributed by atoms with E-state index in [0.29, 0.717) is 19.7 Å². The van der Waals surface area contributed by atoms with E-state index in [4.69, 9.17) is 9.15 Å². The first-order chi connectivity index (χ1) is 13.1. The molecule has 1 aromatic heterocycles. The van der Waals surface area contributed by atoms with Crippen molar-refractivity contribution in [2.75, 3.05) is 33.8 Å². The number of fused-ring (bicyclic) bond motifs is 1. The number of amides is 2. The van der Waals surface area contributed by atoms with Crippen LogP contribution in [0.3, 0.4) is 0 Å². The summed E-state index contributed by atoms with van der Waals surface area (Å²) >= 11 is 0. The van der Waals surface area contributed by atoms with Crippen molar-refractivity contribution < 1.29 is 13.9 Å². The molecule has 1 unspecified atom stereocenters. The van der Waals surface area contributed by atoms with Crippen LogP contribution in [0.2, 0.25) is 0 Å². The lowest BCUT2D eigenvalue weighted by atomic mass is 10.1. The van der Waals surface area contributed by atoms with Crippen LogP contribution in [0.5, 0.6) is 5.75 Å². The summed E-state index contributed by atoms with van der Waals surface area (Å²) in [5.74, 6) is 1.64. The van der Waals surface area contributed by atoms with Crippen molar-refractivity contribution in [1.82, 2.24) is 15.5 Å². The number of hydrogen-bond donors (Lipinski definition) is 2. The molecule has 6 nitrogen and oxygen atoms in total. The highest BCUT2D eigenvalue weighted by Gasteiger charge is 2.17. The Morgan fingerprint density at radius 3 is 2.67 bits per heavy atom. The molecule has 1 heterocycles. The number of ether oxygens (including phenoxy) is 1. The second kappa shape index (κ2) is 9.09. The summed E-state index contributed by atoms with van der Waals surface area (Å²) < 4.78 is 11.3. The quantitative estimate of drug-likeness (QED) is 0.599. The minimum absolute atomic E-state index is 0.0160. The topological polar surface area (TPSA) is 66.7 Å². The zero-order valence-electron chi connectivity index (χ0n) is 15.6. The van der Waals surface area contributed by atoms with Gasteiger partial charge in [-0.05, 0) is 37.7 Å². The first-order valence-electron chi connectivity index (χ1n) is 8.97. The number of urea groups is 1. The SMILES string of the molecule is CN(C)C(CNC(=O)NCCOc1cccc2ccccc12)c1ccco1. The van der Waals surface area contributed by atoms with E-state index in [9.17, 15) is 4.79 Å². The van der Waals surface area contributed by atoms with E-state index >= 15 is 0 Å². The van der Waals surface area contributed by atoms with Crippen LogP contribution in [0.25, 0.3) is 10.8 Å². The molecule has 142 valence electrons.